The normalized spacial score (nSPS) is 16.4. The van der Waals surface area contributed by atoms with Crippen molar-refractivity contribution in [3.63, 3.8) is 0 Å². The molecule has 1 saturated heterocycles. The monoisotopic (exact) mass is 296 g/mol. The van der Waals surface area contributed by atoms with E-state index in [4.69, 9.17) is 0 Å². The molecular formula is C18H20N2S. The highest BCUT2D eigenvalue weighted by molar-refractivity contribution is 7.12. The van der Waals surface area contributed by atoms with Gasteiger partial charge in [-0.25, -0.2) is 4.98 Å². The minimum atomic E-state index is 0.884. The first-order valence-electron chi connectivity index (χ1n) is 7.54. The summed E-state index contributed by atoms with van der Waals surface area (Å²) in [6.07, 6.45) is 4.62. The Morgan fingerprint density at radius 3 is 2.71 bits per heavy atom. The Bertz CT molecular complexity index is 628. The average Bonchev–Trinajstić information content (AvgIpc) is 2.96. The summed E-state index contributed by atoms with van der Waals surface area (Å²) in [6, 6.07) is 10.1. The van der Waals surface area contributed by atoms with E-state index in [0.29, 0.717) is 0 Å². The van der Waals surface area contributed by atoms with Crippen molar-refractivity contribution in [3.05, 3.63) is 52.0 Å². The van der Waals surface area contributed by atoms with Crippen molar-refractivity contribution in [2.45, 2.75) is 26.3 Å². The first-order chi connectivity index (χ1) is 10.3. The van der Waals surface area contributed by atoms with E-state index in [0.717, 1.165) is 23.0 Å². The smallest absolute Gasteiger partial charge is 0.167 e. The second kappa shape index (κ2) is 6.89. The van der Waals surface area contributed by atoms with Crippen molar-refractivity contribution in [2.75, 3.05) is 13.1 Å². The van der Waals surface area contributed by atoms with Gasteiger partial charge in [0.2, 0.25) is 0 Å². The molecule has 3 rings (SSSR count). The number of benzene rings is 1. The van der Waals surface area contributed by atoms with Gasteiger partial charge in [0.1, 0.15) is 0 Å². The van der Waals surface area contributed by atoms with Crippen LogP contribution >= 0.6 is 11.3 Å². The lowest BCUT2D eigenvalue weighted by molar-refractivity contribution is 0.186. The van der Waals surface area contributed by atoms with Gasteiger partial charge in [0, 0.05) is 23.2 Å². The lowest BCUT2D eigenvalue weighted by atomic mass is 9.99. The van der Waals surface area contributed by atoms with Crippen LogP contribution in [-0.2, 0) is 6.54 Å². The Balaban J connectivity index is 1.60. The van der Waals surface area contributed by atoms with Crippen LogP contribution in [0.25, 0.3) is 0 Å². The summed E-state index contributed by atoms with van der Waals surface area (Å²) in [4.78, 5) is 8.28. The number of thiazole rings is 1. The van der Waals surface area contributed by atoms with Gasteiger partial charge in [0.15, 0.2) is 5.01 Å². The fraction of sp³-hybridized carbons (Fsp3) is 0.389. The molecule has 0 saturated carbocycles. The summed E-state index contributed by atoms with van der Waals surface area (Å²) in [5, 5.41) is 0.916. The van der Waals surface area contributed by atoms with Crippen molar-refractivity contribution < 1.29 is 0 Å². The number of piperidine rings is 1. The van der Waals surface area contributed by atoms with Gasteiger partial charge >= 0.3 is 0 Å². The Morgan fingerprint density at radius 2 is 1.95 bits per heavy atom. The molecule has 1 aliphatic rings. The summed E-state index contributed by atoms with van der Waals surface area (Å²) < 4.78 is 0. The predicted octanol–water partition coefficient (Wildman–Crippen LogP) is 3.77. The topological polar surface area (TPSA) is 16.1 Å². The molecule has 0 bridgehead atoms. The van der Waals surface area contributed by atoms with Crippen LogP contribution in [0.15, 0.2) is 36.5 Å². The number of rotatable bonds is 2. The fourth-order valence-electron chi connectivity index (χ4n) is 2.53. The standard InChI is InChI=1S/C18H20N2S/c1-15-9-11-20(12-10-15)14-17-13-19-18(21-17)8-7-16-5-3-2-4-6-16/h2-6,13,15H,9-12,14H2,1H3. The van der Waals surface area contributed by atoms with Crippen LogP contribution in [0.2, 0.25) is 0 Å². The Kier molecular flexibility index (Phi) is 4.69. The molecule has 0 radical (unpaired) electrons. The number of hydrogen-bond acceptors (Lipinski definition) is 3. The molecule has 1 fully saturated rings. The molecule has 1 aromatic carbocycles. The predicted molar refractivity (Wildman–Crippen MR) is 88.2 cm³/mol. The maximum absolute atomic E-state index is 4.43. The van der Waals surface area contributed by atoms with Gasteiger partial charge in [0.05, 0.1) is 0 Å². The molecule has 0 unspecified atom stereocenters. The van der Waals surface area contributed by atoms with Crippen molar-refractivity contribution in [1.29, 1.82) is 0 Å². The van der Waals surface area contributed by atoms with Crippen LogP contribution in [0, 0.1) is 17.8 Å². The fourth-order valence-corrected chi connectivity index (χ4v) is 3.33. The largest absolute Gasteiger partial charge is 0.298 e. The van der Waals surface area contributed by atoms with E-state index in [9.17, 15) is 0 Å². The van der Waals surface area contributed by atoms with Crippen LogP contribution in [0.5, 0.6) is 0 Å². The summed E-state index contributed by atoms with van der Waals surface area (Å²) in [5.74, 6) is 7.22. The molecule has 0 atom stereocenters. The molecule has 2 heterocycles. The second-order valence-corrected chi connectivity index (χ2v) is 6.82. The Labute approximate surface area is 130 Å². The van der Waals surface area contributed by atoms with E-state index in [1.165, 1.54) is 30.8 Å². The molecule has 2 aromatic rings. The molecule has 21 heavy (non-hydrogen) atoms. The third-order valence-electron chi connectivity index (χ3n) is 3.90. The van der Waals surface area contributed by atoms with Gasteiger partial charge in [-0.1, -0.05) is 31.0 Å². The minimum Gasteiger partial charge on any atom is -0.298 e. The maximum atomic E-state index is 4.43. The van der Waals surface area contributed by atoms with Crippen molar-refractivity contribution in [2.24, 2.45) is 5.92 Å². The van der Waals surface area contributed by atoms with E-state index in [-0.39, 0.29) is 0 Å². The highest BCUT2D eigenvalue weighted by Gasteiger charge is 2.16. The lowest BCUT2D eigenvalue weighted by Crippen LogP contribution is -2.32. The van der Waals surface area contributed by atoms with Crippen LogP contribution in [0.4, 0.5) is 0 Å². The van der Waals surface area contributed by atoms with E-state index in [1.807, 2.05) is 36.5 Å². The summed E-state index contributed by atoms with van der Waals surface area (Å²) in [6.45, 7) is 5.80. The SMILES string of the molecule is CC1CCN(Cc2cnc(C#Cc3ccccc3)s2)CC1. The molecule has 0 spiro atoms. The Morgan fingerprint density at radius 1 is 1.19 bits per heavy atom. The second-order valence-electron chi connectivity index (χ2n) is 5.71. The lowest BCUT2D eigenvalue weighted by Gasteiger charge is -2.29. The van der Waals surface area contributed by atoms with Gasteiger partial charge in [-0.2, -0.15) is 0 Å². The summed E-state index contributed by atoms with van der Waals surface area (Å²) in [7, 11) is 0. The van der Waals surface area contributed by atoms with Crippen LogP contribution in [0.3, 0.4) is 0 Å². The number of likely N-dealkylation sites (tertiary alicyclic amines) is 1. The van der Waals surface area contributed by atoms with Gasteiger partial charge < -0.3 is 0 Å². The molecule has 1 aromatic heterocycles. The Hall–Kier alpha value is -1.63. The zero-order chi connectivity index (χ0) is 14.5. The highest BCUT2D eigenvalue weighted by Crippen LogP contribution is 2.20. The average molecular weight is 296 g/mol. The van der Waals surface area contributed by atoms with Crippen LogP contribution < -0.4 is 0 Å². The zero-order valence-corrected chi connectivity index (χ0v) is 13.2. The van der Waals surface area contributed by atoms with Gasteiger partial charge in [-0.15, -0.1) is 11.3 Å². The molecule has 1 aliphatic heterocycles. The molecule has 0 aliphatic carbocycles. The maximum Gasteiger partial charge on any atom is 0.167 e. The third kappa shape index (κ3) is 4.17. The molecule has 108 valence electrons. The van der Waals surface area contributed by atoms with Crippen molar-refractivity contribution >= 4 is 11.3 Å². The van der Waals surface area contributed by atoms with Crippen LogP contribution in [-0.4, -0.2) is 23.0 Å². The number of nitrogens with zero attached hydrogens (tertiary/aromatic N) is 2. The molecule has 3 heteroatoms. The minimum absolute atomic E-state index is 0.884. The molecule has 0 amide bonds. The van der Waals surface area contributed by atoms with E-state index in [2.05, 4.69) is 28.6 Å². The van der Waals surface area contributed by atoms with Crippen molar-refractivity contribution in [1.82, 2.24) is 9.88 Å². The van der Waals surface area contributed by atoms with E-state index < -0.39 is 0 Å². The number of hydrogen-bond donors (Lipinski definition) is 0. The first kappa shape index (κ1) is 14.3. The van der Waals surface area contributed by atoms with Gasteiger partial charge in [0.25, 0.3) is 0 Å². The van der Waals surface area contributed by atoms with E-state index >= 15 is 0 Å². The zero-order valence-electron chi connectivity index (χ0n) is 12.4. The highest BCUT2D eigenvalue weighted by atomic mass is 32.1. The summed E-state index contributed by atoms with van der Waals surface area (Å²) in [5.41, 5.74) is 1.04. The molecule has 2 nitrogen and oxygen atoms in total. The molecule has 0 N–H and O–H groups in total. The van der Waals surface area contributed by atoms with Crippen LogP contribution in [0.1, 0.15) is 35.2 Å². The van der Waals surface area contributed by atoms with E-state index in [1.54, 1.807) is 11.3 Å². The van der Waals surface area contributed by atoms with Crippen molar-refractivity contribution in [3.8, 4) is 11.8 Å². The molecular weight excluding hydrogens is 276 g/mol. The third-order valence-corrected chi connectivity index (χ3v) is 4.79. The summed E-state index contributed by atoms with van der Waals surface area (Å²) >= 11 is 1.72. The first-order valence-corrected chi connectivity index (χ1v) is 8.35. The number of aromatic nitrogens is 1. The van der Waals surface area contributed by atoms with Gasteiger partial charge in [-0.3, -0.25) is 4.90 Å². The van der Waals surface area contributed by atoms with Gasteiger partial charge in [-0.05, 0) is 49.9 Å². The quantitative estimate of drug-likeness (QED) is 0.784.